The summed E-state index contributed by atoms with van der Waals surface area (Å²) >= 11 is 0. The Bertz CT molecular complexity index is 692. The molecule has 0 saturated carbocycles. The fourth-order valence-electron chi connectivity index (χ4n) is 2.23. The zero-order valence-corrected chi connectivity index (χ0v) is 14.6. The number of benzene rings is 2. The van der Waals surface area contributed by atoms with Gasteiger partial charge in [-0.05, 0) is 36.8 Å². The van der Waals surface area contributed by atoms with Gasteiger partial charge in [-0.15, -0.1) is 0 Å². The molecule has 0 heterocycles. The molecule has 2 atom stereocenters. The summed E-state index contributed by atoms with van der Waals surface area (Å²) in [6.45, 7) is 2.31. The summed E-state index contributed by atoms with van der Waals surface area (Å²) in [7, 11) is 0.478. The van der Waals surface area contributed by atoms with Crippen LogP contribution in [0, 0.1) is 0 Å². The summed E-state index contributed by atoms with van der Waals surface area (Å²) in [5.74, 6) is 0.404. The van der Waals surface area contributed by atoms with E-state index >= 15 is 0 Å². The van der Waals surface area contributed by atoms with Crippen LogP contribution in [0.5, 0.6) is 0 Å². The van der Waals surface area contributed by atoms with Crippen molar-refractivity contribution in [3.8, 4) is 0 Å². The molecule has 2 aromatic carbocycles. The number of rotatable bonds is 7. The molecule has 5 nitrogen and oxygen atoms in total. The number of carbonyl (C=O) groups is 1. The van der Waals surface area contributed by atoms with Gasteiger partial charge >= 0.3 is 6.03 Å². The molecule has 2 amide bonds. The Kier molecular flexibility index (Phi) is 6.96. The van der Waals surface area contributed by atoms with E-state index in [1.165, 1.54) is 0 Å². The number of amides is 2. The summed E-state index contributed by atoms with van der Waals surface area (Å²) in [5.41, 5.74) is 1.57. The molecule has 0 bridgehead atoms. The Hall–Kier alpha value is -2.18. The summed E-state index contributed by atoms with van der Waals surface area (Å²) in [6, 6.07) is 16.3. The average molecular weight is 346 g/mol. The minimum Gasteiger partial charge on any atom is -0.383 e. The van der Waals surface area contributed by atoms with Gasteiger partial charge in [0.25, 0.3) is 0 Å². The van der Waals surface area contributed by atoms with Crippen LogP contribution in [0.25, 0.3) is 0 Å². The van der Waals surface area contributed by atoms with Crippen molar-refractivity contribution in [1.29, 1.82) is 0 Å². The molecule has 0 aliphatic rings. The van der Waals surface area contributed by atoms with E-state index in [4.69, 9.17) is 4.74 Å². The molecule has 0 saturated heterocycles. The van der Waals surface area contributed by atoms with Gasteiger partial charge in [-0.2, -0.15) is 0 Å². The van der Waals surface area contributed by atoms with E-state index in [-0.39, 0.29) is 12.1 Å². The molecule has 0 radical (unpaired) electrons. The fraction of sp³-hybridized carbons (Fsp3) is 0.278. The molecule has 24 heavy (non-hydrogen) atoms. The number of anilines is 1. The lowest BCUT2D eigenvalue weighted by molar-refractivity contribution is 0.173. The van der Waals surface area contributed by atoms with Gasteiger partial charge in [0.1, 0.15) is 0 Å². The molecule has 2 N–H and O–H groups in total. The second-order valence-electron chi connectivity index (χ2n) is 5.46. The summed E-state index contributed by atoms with van der Waals surface area (Å²) in [6.07, 6.45) is 0. The van der Waals surface area contributed by atoms with Crippen molar-refractivity contribution in [2.45, 2.75) is 23.6 Å². The zero-order chi connectivity index (χ0) is 17.4. The van der Waals surface area contributed by atoms with E-state index in [0.29, 0.717) is 18.0 Å². The van der Waals surface area contributed by atoms with Gasteiger partial charge < -0.3 is 15.4 Å². The molecule has 0 aliphatic heterocycles. The van der Waals surface area contributed by atoms with Gasteiger partial charge in [-0.3, -0.25) is 4.21 Å². The molecule has 6 heteroatoms. The van der Waals surface area contributed by atoms with Crippen LogP contribution in [0.2, 0.25) is 0 Å². The minimum absolute atomic E-state index is 0.0798. The third-order valence-electron chi connectivity index (χ3n) is 3.28. The Labute approximate surface area is 144 Å². The van der Waals surface area contributed by atoms with E-state index in [1.54, 1.807) is 13.2 Å². The van der Waals surface area contributed by atoms with Crippen molar-refractivity contribution < 1.29 is 13.7 Å². The Morgan fingerprint density at radius 3 is 2.62 bits per heavy atom. The SMILES string of the molecule is COC[C@@H](C)NC(=O)Nc1cccc(C[S@@](=O)c2ccccc2)c1. The van der Waals surface area contributed by atoms with Crippen LogP contribution in [0.1, 0.15) is 12.5 Å². The first-order valence-electron chi connectivity index (χ1n) is 7.67. The highest BCUT2D eigenvalue weighted by atomic mass is 32.2. The van der Waals surface area contributed by atoms with E-state index in [2.05, 4.69) is 10.6 Å². The highest BCUT2D eigenvalue weighted by Crippen LogP contribution is 2.16. The lowest BCUT2D eigenvalue weighted by Gasteiger charge is -2.14. The van der Waals surface area contributed by atoms with Crippen molar-refractivity contribution >= 4 is 22.5 Å². The van der Waals surface area contributed by atoms with Crippen molar-refractivity contribution in [2.24, 2.45) is 0 Å². The lowest BCUT2D eigenvalue weighted by atomic mass is 10.2. The van der Waals surface area contributed by atoms with Crippen molar-refractivity contribution in [3.05, 3.63) is 60.2 Å². The Morgan fingerprint density at radius 2 is 1.92 bits per heavy atom. The van der Waals surface area contributed by atoms with Crippen LogP contribution < -0.4 is 10.6 Å². The van der Waals surface area contributed by atoms with Gasteiger partial charge in [0, 0.05) is 17.7 Å². The highest BCUT2D eigenvalue weighted by molar-refractivity contribution is 7.84. The third-order valence-corrected chi connectivity index (χ3v) is 4.68. The number of ether oxygens (including phenoxy) is 1. The van der Waals surface area contributed by atoms with Crippen LogP contribution in [-0.2, 0) is 21.3 Å². The van der Waals surface area contributed by atoms with Crippen LogP contribution in [0.4, 0.5) is 10.5 Å². The Balaban J connectivity index is 1.96. The van der Waals surface area contributed by atoms with Crippen LogP contribution in [-0.4, -0.2) is 30.0 Å². The molecule has 2 aromatic rings. The zero-order valence-electron chi connectivity index (χ0n) is 13.8. The van der Waals surface area contributed by atoms with Crippen molar-refractivity contribution in [2.75, 3.05) is 19.0 Å². The molecule has 128 valence electrons. The standard InChI is InChI=1S/C18H22N2O3S/c1-14(12-23-2)19-18(21)20-16-8-6-7-15(11-16)13-24(22)17-9-4-3-5-10-17/h3-11,14H,12-13H2,1-2H3,(H2,19,20,21)/t14-,24-/m1/s1. The highest BCUT2D eigenvalue weighted by Gasteiger charge is 2.09. The second-order valence-corrected chi connectivity index (χ2v) is 6.91. The van der Waals surface area contributed by atoms with Gasteiger partial charge in [0.2, 0.25) is 0 Å². The summed E-state index contributed by atoms with van der Waals surface area (Å²) < 4.78 is 17.3. The number of methoxy groups -OCH3 is 1. The predicted octanol–water partition coefficient (Wildman–Crippen LogP) is 3.15. The smallest absolute Gasteiger partial charge is 0.319 e. The number of carbonyl (C=O) groups excluding carboxylic acids is 1. The van der Waals surface area contributed by atoms with Gasteiger partial charge in [0.15, 0.2) is 0 Å². The monoisotopic (exact) mass is 346 g/mol. The van der Waals surface area contributed by atoms with E-state index in [0.717, 1.165) is 10.5 Å². The molecule has 0 aliphatic carbocycles. The summed E-state index contributed by atoms with van der Waals surface area (Å²) in [5, 5.41) is 5.56. The maximum Gasteiger partial charge on any atom is 0.319 e. The number of hydrogen-bond acceptors (Lipinski definition) is 3. The van der Waals surface area contributed by atoms with E-state index in [1.807, 2.05) is 55.5 Å². The minimum atomic E-state index is -1.11. The van der Waals surface area contributed by atoms with Crippen molar-refractivity contribution in [3.63, 3.8) is 0 Å². The molecular weight excluding hydrogens is 324 g/mol. The van der Waals surface area contributed by atoms with Crippen LogP contribution in [0.15, 0.2) is 59.5 Å². The number of urea groups is 1. The van der Waals surface area contributed by atoms with Crippen molar-refractivity contribution in [1.82, 2.24) is 5.32 Å². The van der Waals surface area contributed by atoms with Gasteiger partial charge in [-0.25, -0.2) is 4.79 Å². The number of hydrogen-bond donors (Lipinski definition) is 2. The third kappa shape index (κ3) is 5.79. The van der Waals surface area contributed by atoms with E-state index < -0.39 is 10.8 Å². The molecular formula is C18H22N2O3S. The van der Waals surface area contributed by atoms with Gasteiger partial charge in [-0.1, -0.05) is 30.3 Å². The topological polar surface area (TPSA) is 67.4 Å². The molecule has 0 unspecified atom stereocenters. The van der Waals surface area contributed by atoms with Gasteiger partial charge in [0.05, 0.1) is 29.2 Å². The molecule has 0 aromatic heterocycles. The first-order chi connectivity index (χ1) is 11.6. The lowest BCUT2D eigenvalue weighted by Crippen LogP contribution is -2.38. The largest absolute Gasteiger partial charge is 0.383 e. The van der Waals surface area contributed by atoms with E-state index in [9.17, 15) is 9.00 Å². The first-order valence-corrected chi connectivity index (χ1v) is 8.99. The maximum absolute atomic E-state index is 12.4. The van der Waals surface area contributed by atoms with Crippen LogP contribution in [0.3, 0.4) is 0 Å². The summed E-state index contributed by atoms with van der Waals surface area (Å²) in [4.78, 5) is 12.7. The van der Waals surface area contributed by atoms with Crippen LogP contribution >= 0.6 is 0 Å². The molecule has 0 fully saturated rings. The molecule has 0 spiro atoms. The predicted molar refractivity (Wildman–Crippen MR) is 96.5 cm³/mol. The second kappa shape index (κ2) is 9.20. The molecule has 2 rings (SSSR count). The normalized spacial score (nSPS) is 13.1. The number of nitrogens with one attached hydrogen (secondary N) is 2. The fourth-order valence-corrected chi connectivity index (χ4v) is 3.34. The Morgan fingerprint density at radius 1 is 1.17 bits per heavy atom. The quantitative estimate of drug-likeness (QED) is 0.809. The maximum atomic E-state index is 12.4. The first kappa shape index (κ1) is 18.2. The average Bonchev–Trinajstić information content (AvgIpc) is 2.56.